The molecule has 0 spiro atoms. The number of para-hydroxylation sites is 1. The third-order valence-corrected chi connectivity index (χ3v) is 7.22. The van der Waals surface area contributed by atoms with Crippen LogP contribution in [0.1, 0.15) is 22.6 Å². The SMILES string of the molecule is Cc1nc2cc(OCC(O)CCN3CCN(CC(=O)Nc4c(C)cccc4C)CC3)ccc2s1. The van der Waals surface area contributed by atoms with Crippen LogP contribution < -0.4 is 10.1 Å². The monoisotopic (exact) mass is 482 g/mol. The molecule has 1 saturated heterocycles. The molecule has 0 saturated carbocycles. The number of rotatable bonds is 9. The Morgan fingerprint density at radius 1 is 1.12 bits per heavy atom. The van der Waals surface area contributed by atoms with Gasteiger partial charge in [0, 0.05) is 44.5 Å². The molecule has 4 rings (SSSR count). The van der Waals surface area contributed by atoms with Crippen molar-refractivity contribution in [3.05, 3.63) is 52.5 Å². The van der Waals surface area contributed by atoms with Gasteiger partial charge in [-0.05, 0) is 50.5 Å². The molecule has 3 aromatic rings. The van der Waals surface area contributed by atoms with Gasteiger partial charge in [0.05, 0.1) is 27.9 Å². The molecule has 34 heavy (non-hydrogen) atoms. The van der Waals surface area contributed by atoms with Crippen LogP contribution in [-0.2, 0) is 4.79 Å². The summed E-state index contributed by atoms with van der Waals surface area (Å²) >= 11 is 1.67. The number of carbonyl (C=O) groups is 1. The van der Waals surface area contributed by atoms with E-state index in [-0.39, 0.29) is 12.5 Å². The highest BCUT2D eigenvalue weighted by Gasteiger charge is 2.20. The zero-order chi connectivity index (χ0) is 24.1. The van der Waals surface area contributed by atoms with Gasteiger partial charge in [0.1, 0.15) is 12.4 Å². The van der Waals surface area contributed by atoms with Crippen LogP contribution in [-0.4, -0.2) is 77.8 Å². The molecule has 2 N–H and O–H groups in total. The summed E-state index contributed by atoms with van der Waals surface area (Å²) in [6, 6.07) is 11.9. The number of hydrogen-bond acceptors (Lipinski definition) is 7. The molecular weight excluding hydrogens is 448 g/mol. The third-order valence-electron chi connectivity index (χ3n) is 6.26. The van der Waals surface area contributed by atoms with Gasteiger partial charge in [-0.15, -0.1) is 11.3 Å². The molecule has 1 fully saturated rings. The molecule has 182 valence electrons. The number of anilines is 1. The molecule has 1 aliphatic heterocycles. The molecule has 1 unspecified atom stereocenters. The minimum absolute atomic E-state index is 0.0319. The first-order valence-electron chi connectivity index (χ1n) is 11.9. The van der Waals surface area contributed by atoms with Gasteiger partial charge in [0.15, 0.2) is 0 Å². The number of amides is 1. The van der Waals surface area contributed by atoms with Crippen molar-refractivity contribution >= 4 is 33.1 Å². The summed E-state index contributed by atoms with van der Waals surface area (Å²) in [5, 5.41) is 14.5. The van der Waals surface area contributed by atoms with E-state index in [1.165, 1.54) is 0 Å². The largest absolute Gasteiger partial charge is 0.491 e. The highest BCUT2D eigenvalue weighted by molar-refractivity contribution is 7.18. The van der Waals surface area contributed by atoms with E-state index in [4.69, 9.17) is 4.74 Å². The maximum Gasteiger partial charge on any atom is 0.238 e. The predicted molar refractivity (Wildman–Crippen MR) is 138 cm³/mol. The molecule has 0 radical (unpaired) electrons. The fraction of sp³-hybridized carbons (Fsp3) is 0.462. The molecule has 8 heteroatoms. The number of carbonyl (C=O) groups excluding carboxylic acids is 1. The predicted octanol–water partition coefficient (Wildman–Crippen LogP) is 3.61. The van der Waals surface area contributed by atoms with Crippen LogP contribution in [0.25, 0.3) is 10.2 Å². The van der Waals surface area contributed by atoms with Crippen molar-refractivity contribution in [2.45, 2.75) is 33.3 Å². The molecule has 0 bridgehead atoms. The first-order chi connectivity index (χ1) is 16.4. The van der Waals surface area contributed by atoms with Crippen molar-refractivity contribution in [2.24, 2.45) is 0 Å². The van der Waals surface area contributed by atoms with Gasteiger partial charge in [-0.2, -0.15) is 0 Å². The molecule has 2 heterocycles. The van der Waals surface area contributed by atoms with Crippen LogP contribution in [0.4, 0.5) is 5.69 Å². The number of aryl methyl sites for hydroxylation is 3. The van der Waals surface area contributed by atoms with E-state index in [0.29, 0.717) is 13.0 Å². The second kappa shape index (κ2) is 11.3. The summed E-state index contributed by atoms with van der Waals surface area (Å²) in [5.41, 5.74) is 4.03. The molecule has 7 nitrogen and oxygen atoms in total. The first kappa shape index (κ1) is 24.6. The summed E-state index contributed by atoms with van der Waals surface area (Å²) in [6.45, 7) is 11.0. The number of piperazine rings is 1. The van der Waals surface area contributed by atoms with Gasteiger partial charge < -0.3 is 20.1 Å². The second-order valence-electron chi connectivity index (χ2n) is 9.05. The smallest absolute Gasteiger partial charge is 0.238 e. The average molecular weight is 483 g/mol. The van der Waals surface area contributed by atoms with E-state index >= 15 is 0 Å². The van der Waals surface area contributed by atoms with Gasteiger partial charge in [-0.3, -0.25) is 9.69 Å². The van der Waals surface area contributed by atoms with E-state index in [1.807, 2.05) is 57.2 Å². The van der Waals surface area contributed by atoms with E-state index in [2.05, 4.69) is 20.1 Å². The second-order valence-corrected chi connectivity index (χ2v) is 10.3. The van der Waals surface area contributed by atoms with Gasteiger partial charge in [-0.1, -0.05) is 18.2 Å². The lowest BCUT2D eigenvalue weighted by atomic mass is 10.1. The fourth-order valence-corrected chi connectivity index (χ4v) is 5.09. The molecule has 1 atom stereocenters. The number of aromatic nitrogens is 1. The third kappa shape index (κ3) is 6.54. The van der Waals surface area contributed by atoms with Crippen LogP contribution >= 0.6 is 11.3 Å². The summed E-state index contributed by atoms with van der Waals surface area (Å²) in [7, 11) is 0. The minimum atomic E-state index is -0.519. The number of aliphatic hydroxyl groups excluding tert-OH is 1. The number of hydrogen-bond donors (Lipinski definition) is 2. The van der Waals surface area contributed by atoms with Crippen LogP contribution in [0, 0.1) is 20.8 Å². The topological polar surface area (TPSA) is 77.9 Å². The summed E-state index contributed by atoms with van der Waals surface area (Å²) in [4.78, 5) is 21.5. The maximum absolute atomic E-state index is 12.5. The van der Waals surface area contributed by atoms with Crippen LogP contribution in [0.5, 0.6) is 5.75 Å². The number of fused-ring (bicyclic) bond motifs is 1. The summed E-state index contributed by atoms with van der Waals surface area (Å²) < 4.78 is 6.94. The Labute approximate surface area is 205 Å². The van der Waals surface area contributed by atoms with Crippen molar-refractivity contribution in [2.75, 3.05) is 51.2 Å². The van der Waals surface area contributed by atoms with E-state index < -0.39 is 6.10 Å². The number of nitrogens with zero attached hydrogens (tertiary/aromatic N) is 3. The van der Waals surface area contributed by atoms with E-state index in [0.717, 1.165) is 70.5 Å². The Hall–Kier alpha value is -2.52. The number of thiazole rings is 1. The van der Waals surface area contributed by atoms with Gasteiger partial charge in [0.2, 0.25) is 5.91 Å². The van der Waals surface area contributed by atoms with Crippen LogP contribution in [0.2, 0.25) is 0 Å². The average Bonchev–Trinajstić information content (AvgIpc) is 3.19. The Bertz CT molecular complexity index is 1100. The zero-order valence-electron chi connectivity index (χ0n) is 20.2. The normalized spacial score (nSPS) is 16.0. The lowest BCUT2D eigenvalue weighted by Crippen LogP contribution is -2.49. The quantitative estimate of drug-likeness (QED) is 0.485. The Morgan fingerprint density at radius 2 is 1.82 bits per heavy atom. The minimum Gasteiger partial charge on any atom is -0.491 e. The first-order valence-corrected chi connectivity index (χ1v) is 12.7. The highest BCUT2D eigenvalue weighted by Crippen LogP contribution is 2.25. The molecule has 1 amide bonds. The molecule has 2 aromatic carbocycles. The van der Waals surface area contributed by atoms with Gasteiger partial charge >= 0.3 is 0 Å². The Balaban J connectivity index is 1.14. The van der Waals surface area contributed by atoms with Crippen molar-refractivity contribution in [3.63, 3.8) is 0 Å². The fourth-order valence-electron chi connectivity index (χ4n) is 4.28. The maximum atomic E-state index is 12.5. The summed E-state index contributed by atoms with van der Waals surface area (Å²) in [6.07, 6.45) is 0.138. The van der Waals surface area contributed by atoms with E-state index in [9.17, 15) is 9.90 Å². The lowest BCUT2D eigenvalue weighted by molar-refractivity contribution is -0.117. The zero-order valence-corrected chi connectivity index (χ0v) is 21.0. The number of benzene rings is 2. The molecule has 0 aliphatic carbocycles. The molecule has 1 aromatic heterocycles. The number of ether oxygens (including phenoxy) is 1. The van der Waals surface area contributed by atoms with Crippen molar-refractivity contribution in [1.82, 2.24) is 14.8 Å². The van der Waals surface area contributed by atoms with Crippen LogP contribution in [0.15, 0.2) is 36.4 Å². The lowest BCUT2D eigenvalue weighted by Gasteiger charge is -2.34. The highest BCUT2D eigenvalue weighted by atomic mass is 32.1. The Kier molecular flexibility index (Phi) is 8.15. The Morgan fingerprint density at radius 3 is 2.56 bits per heavy atom. The molecule has 1 aliphatic rings. The standard InChI is InChI=1S/C26H34N4O3S/c1-18-5-4-6-19(2)26(18)28-25(32)16-30-13-11-29(12-14-30)10-9-21(31)17-33-22-7-8-24-23(15-22)27-20(3)34-24/h4-8,15,21,31H,9-14,16-17H2,1-3H3,(H,28,32). The van der Waals surface area contributed by atoms with Crippen LogP contribution in [0.3, 0.4) is 0 Å². The van der Waals surface area contributed by atoms with E-state index in [1.54, 1.807) is 11.3 Å². The number of aliphatic hydroxyl groups is 1. The van der Waals surface area contributed by atoms with Gasteiger partial charge in [-0.25, -0.2) is 4.98 Å². The number of nitrogens with one attached hydrogen (secondary N) is 1. The van der Waals surface area contributed by atoms with Crippen molar-refractivity contribution < 1.29 is 14.6 Å². The summed E-state index contributed by atoms with van der Waals surface area (Å²) in [5.74, 6) is 0.772. The van der Waals surface area contributed by atoms with Gasteiger partial charge in [0.25, 0.3) is 0 Å². The van der Waals surface area contributed by atoms with Crippen molar-refractivity contribution in [3.8, 4) is 5.75 Å². The van der Waals surface area contributed by atoms with Crippen molar-refractivity contribution in [1.29, 1.82) is 0 Å². The molecular formula is C26H34N4O3S.